The van der Waals surface area contributed by atoms with E-state index in [9.17, 15) is 18.0 Å². The predicted molar refractivity (Wildman–Crippen MR) is 128 cm³/mol. The zero-order valence-electron chi connectivity index (χ0n) is 20.1. The van der Waals surface area contributed by atoms with E-state index in [-0.39, 0.29) is 18.0 Å². The molecule has 0 atom stereocenters. The molecule has 0 aliphatic carbocycles. The lowest BCUT2D eigenvalue weighted by Gasteiger charge is -2.32. The number of carbonyl (C=O) groups is 1. The van der Waals surface area contributed by atoms with Gasteiger partial charge < -0.3 is 24.0 Å². The minimum absolute atomic E-state index is 0.0312. The highest BCUT2D eigenvalue weighted by Gasteiger charge is 2.33. The Hall–Kier alpha value is -3.86. The number of amides is 1. The van der Waals surface area contributed by atoms with Crippen LogP contribution in [0, 0.1) is 0 Å². The van der Waals surface area contributed by atoms with Crippen molar-refractivity contribution in [1.29, 1.82) is 0 Å². The highest BCUT2D eigenvalue weighted by atomic mass is 19.4. The van der Waals surface area contributed by atoms with Crippen LogP contribution in [0.25, 0.3) is 0 Å². The average Bonchev–Trinajstić information content (AvgIpc) is 2.92. The van der Waals surface area contributed by atoms with Gasteiger partial charge in [-0.3, -0.25) is 4.79 Å². The predicted octanol–water partition coefficient (Wildman–Crippen LogP) is 4.33. The average molecular weight is 515 g/mol. The third-order valence-corrected chi connectivity index (χ3v) is 6.30. The second-order valence-electron chi connectivity index (χ2n) is 8.66. The molecule has 5 rings (SSSR count). The normalized spacial score (nSPS) is 15.8. The fraction of sp³-hybridized carbons (Fsp3) is 0.346. The molecular formula is C26H25F3N4O4. The molecule has 0 bridgehead atoms. The number of rotatable bonds is 5. The summed E-state index contributed by atoms with van der Waals surface area (Å²) in [5.41, 5.74) is 0.440. The first-order valence-corrected chi connectivity index (χ1v) is 11.8. The molecule has 0 N–H and O–H groups in total. The van der Waals surface area contributed by atoms with Crippen LogP contribution in [-0.2, 0) is 23.9 Å². The Labute approximate surface area is 211 Å². The molecule has 1 fully saturated rings. The number of methoxy groups -OCH3 is 1. The van der Waals surface area contributed by atoms with Gasteiger partial charge in [0.05, 0.1) is 43.7 Å². The maximum atomic E-state index is 13.2. The van der Waals surface area contributed by atoms with Crippen molar-refractivity contribution in [3.05, 3.63) is 70.9 Å². The van der Waals surface area contributed by atoms with Gasteiger partial charge in [0, 0.05) is 31.6 Å². The Morgan fingerprint density at radius 1 is 1.00 bits per heavy atom. The quantitative estimate of drug-likeness (QED) is 0.502. The number of nitrogens with zero attached hydrogens (tertiary/aromatic N) is 4. The van der Waals surface area contributed by atoms with Crippen molar-refractivity contribution in [2.75, 3.05) is 44.9 Å². The van der Waals surface area contributed by atoms with Crippen molar-refractivity contribution in [1.82, 2.24) is 14.9 Å². The molecular weight excluding hydrogens is 489 g/mol. The Morgan fingerprint density at radius 3 is 2.49 bits per heavy atom. The third-order valence-electron chi connectivity index (χ3n) is 6.30. The van der Waals surface area contributed by atoms with Gasteiger partial charge in [-0.25, -0.2) is 4.98 Å². The van der Waals surface area contributed by atoms with E-state index in [2.05, 4.69) is 4.98 Å². The molecule has 37 heavy (non-hydrogen) atoms. The Balaban J connectivity index is 1.49. The standard InChI is InChI=1S/C26H25F3N4O4/c1-35-21-7-2-3-8-22(21)37-23-19-16-33(24(34)17-5-4-6-18(15-17)26(27,28)29)10-9-20(19)30-25(31-23)32-11-13-36-14-12-32/h2-8,15H,9-14,16H2,1H3. The molecule has 8 nitrogen and oxygen atoms in total. The van der Waals surface area contributed by atoms with E-state index in [1.54, 1.807) is 18.2 Å². The Morgan fingerprint density at radius 2 is 1.76 bits per heavy atom. The summed E-state index contributed by atoms with van der Waals surface area (Å²) in [7, 11) is 1.53. The van der Waals surface area contributed by atoms with E-state index >= 15 is 0 Å². The number of hydrogen-bond acceptors (Lipinski definition) is 7. The lowest BCUT2D eigenvalue weighted by Crippen LogP contribution is -2.39. The second-order valence-corrected chi connectivity index (χ2v) is 8.66. The SMILES string of the molecule is COc1ccccc1Oc1nc(N2CCOCC2)nc2c1CN(C(=O)c1cccc(C(F)(F)F)c1)CC2. The molecule has 2 aliphatic rings. The number of benzene rings is 2. The van der Waals surface area contributed by atoms with Gasteiger partial charge in [-0.15, -0.1) is 0 Å². The van der Waals surface area contributed by atoms with Crippen LogP contribution in [0.2, 0.25) is 0 Å². The highest BCUT2D eigenvalue weighted by Crippen LogP contribution is 2.36. The fourth-order valence-corrected chi connectivity index (χ4v) is 4.35. The van der Waals surface area contributed by atoms with E-state index in [4.69, 9.17) is 19.2 Å². The number of morpholine rings is 1. The number of hydrogen-bond donors (Lipinski definition) is 0. The van der Waals surface area contributed by atoms with Gasteiger partial charge in [0.15, 0.2) is 11.5 Å². The maximum Gasteiger partial charge on any atom is 0.416 e. The summed E-state index contributed by atoms with van der Waals surface area (Å²) in [5.74, 6) is 1.23. The Kier molecular flexibility index (Phi) is 6.88. The number of anilines is 1. The van der Waals surface area contributed by atoms with Gasteiger partial charge in [0.2, 0.25) is 11.8 Å². The molecule has 1 amide bonds. The van der Waals surface area contributed by atoms with Crippen molar-refractivity contribution in [2.45, 2.75) is 19.1 Å². The summed E-state index contributed by atoms with van der Waals surface area (Å²) in [4.78, 5) is 26.2. The molecule has 2 aliphatic heterocycles. The topological polar surface area (TPSA) is 77.0 Å². The molecule has 1 aromatic heterocycles. The van der Waals surface area contributed by atoms with Crippen molar-refractivity contribution < 1.29 is 32.2 Å². The van der Waals surface area contributed by atoms with Crippen LogP contribution in [-0.4, -0.2) is 60.7 Å². The second kappa shape index (κ2) is 10.3. The smallest absolute Gasteiger partial charge is 0.416 e. The van der Waals surface area contributed by atoms with E-state index in [1.807, 2.05) is 11.0 Å². The summed E-state index contributed by atoms with van der Waals surface area (Å²) < 4.78 is 56.7. The molecule has 0 radical (unpaired) electrons. The summed E-state index contributed by atoms with van der Waals surface area (Å²) in [6.45, 7) is 2.78. The lowest BCUT2D eigenvalue weighted by atomic mass is 10.0. The van der Waals surface area contributed by atoms with E-state index < -0.39 is 17.6 Å². The van der Waals surface area contributed by atoms with Crippen molar-refractivity contribution in [3.8, 4) is 17.4 Å². The molecule has 3 heterocycles. The molecule has 0 unspecified atom stereocenters. The molecule has 0 spiro atoms. The number of carbonyl (C=O) groups excluding carboxylic acids is 1. The van der Waals surface area contributed by atoms with Crippen molar-refractivity contribution in [2.24, 2.45) is 0 Å². The maximum absolute atomic E-state index is 13.2. The molecule has 3 aromatic rings. The number of aromatic nitrogens is 2. The number of ether oxygens (including phenoxy) is 3. The van der Waals surface area contributed by atoms with Gasteiger partial charge in [-0.05, 0) is 30.3 Å². The zero-order valence-corrected chi connectivity index (χ0v) is 20.1. The Bertz CT molecular complexity index is 1300. The van der Waals surface area contributed by atoms with Crippen LogP contribution < -0.4 is 14.4 Å². The summed E-state index contributed by atoms with van der Waals surface area (Å²) in [6.07, 6.45) is -4.13. The van der Waals surface area contributed by atoms with Crippen LogP contribution in [0.4, 0.5) is 19.1 Å². The number of para-hydroxylation sites is 2. The molecule has 11 heteroatoms. The van der Waals surface area contributed by atoms with Crippen LogP contribution in [0.15, 0.2) is 48.5 Å². The number of alkyl halides is 3. The first kappa shape index (κ1) is 24.8. The molecule has 194 valence electrons. The fourth-order valence-electron chi connectivity index (χ4n) is 4.35. The number of halogens is 3. The zero-order chi connectivity index (χ0) is 26.0. The number of fused-ring (bicyclic) bond motifs is 1. The minimum Gasteiger partial charge on any atom is -0.493 e. The molecule has 1 saturated heterocycles. The third kappa shape index (κ3) is 5.31. The van der Waals surface area contributed by atoms with E-state index in [1.165, 1.54) is 24.1 Å². The molecule has 2 aromatic carbocycles. The monoisotopic (exact) mass is 514 g/mol. The minimum atomic E-state index is -4.54. The lowest BCUT2D eigenvalue weighted by molar-refractivity contribution is -0.137. The van der Waals surface area contributed by atoms with E-state index in [0.29, 0.717) is 62.3 Å². The van der Waals surface area contributed by atoms with Gasteiger partial charge >= 0.3 is 6.18 Å². The van der Waals surface area contributed by atoms with Gasteiger partial charge in [-0.1, -0.05) is 18.2 Å². The highest BCUT2D eigenvalue weighted by molar-refractivity contribution is 5.94. The first-order chi connectivity index (χ1) is 17.8. The largest absolute Gasteiger partial charge is 0.493 e. The van der Waals surface area contributed by atoms with E-state index in [0.717, 1.165) is 17.8 Å². The van der Waals surface area contributed by atoms with Crippen LogP contribution >= 0.6 is 0 Å². The van der Waals surface area contributed by atoms with Crippen molar-refractivity contribution >= 4 is 11.9 Å². The molecule has 0 saturated carbocycles. The van der Waals surface area contributed by atoms with Crippen molar-refractivity contribution in [3.63, 3.8) is 0 Å². The first-order valence-electron chi connectivity index (χ1n) is 11.8. The summed E-state index contributed by atoms with van der Waals surface area (Å²) in [5, 5.41) is 0. The van der Waals surface area contributed by atoms with Gasteiger partial charge in [0.25, 0.3) is 5.91 Å². The van der Waals surface area contributed by atoms with Crippen LogP contribution in [0.1, 0.15) is 27.2 Å². The van der Waals surface area contributed by atoms with Gasteiger partial charge in [0.1, 0.15) is 0 Å². The van der Waals surface area contributed by atoms with Gasteiger partial charge in [-0.2, -0.15) is 18.2 Å². The summed E-state index contributed by atoms with van der Waals surface area (Å²) in [6, 6.07) is 11.6. The van der Waals surface area contributed by atoms with Crippen LogP contribution in [0.3, 0.4) is 0 Å². The van der Waals surface area contributed by atoms with Crippen LogP contribution in [0.5, 0.6) is 17.4 Å². The summed E-state index contributed by atoms with van der Waals surface area (Å²) >= 11 is 0.